The van der Waals surface area contributed by atoms with Crippen molar-refractivity contribution in [3.05, 3.63) is 59.2 Å². The maximum absolute atomic E-state index is 12.7. The molecule has 32 heavy (non-hydrogen) atoms. The number of aliphatic hydroxyl groups excluding tert-OH is 1. The summed E-state index contributed by atoms with van der Waals surface area (Å²) in [4.78, 5) is 15.1. The molecule has 6 nitrogen and oxygen atoms in total. The van der Waals surface area contributed by atoms with E-state index in [1.54, 1.807) is 12.1 Å². The second kappa shape index (κ2) is 12.5. The number of hydrogen-bond donors (Lipinski definition) is 2. The third-order valence-corrected chi connectivity index (χ3v) is 5.57. The third kappa shape index (κ3) is 7.24. The van der Waals surface area contributed by atoms with Gasteiger partial charge in [0.05, 0.1) is 19.3 Å². The molecule has 0 aromatic heterocycles. The average molecular weight is 441 g/mol. The first-order valence-electron chi connectivity index (χ1n) is 11.7. The molecule has 0 unspecified atom stereocenters. The van der Waals surface area contributed by atoms with Gasteiger partial charge in [0.25, 0.3) is 5.91 Å². The van der Waals surface area contributed by atoms with Crippen molar-refractivity contribution in [2.24, 2.45) is 0 Å². The number of hydrogen-bond acceptors (Lipinski definition) is 5. The lowest BCUT2D eigenvalue weighted by Gasteiger charge is -2.29. The molecule has 1 aliphatic heterocycles. The van der Waals surface area contributed by atoms with E-state index in [4.69, 9.17) is 9.47 Å². The number of piperidine rings is 1. The third-order valence-electron chi connectivity index (χ3n) is 5.57. The highest BCUT2D eigenvalue weighted by molar-refractivity contribution is 5.94. The molecule has 0 aliphatic carbocycles. The number of carbonyl (C=O) groups is 1. The molecule has 0 spiro atoms. The molecule has 2 N–H and O–H groups in total. The Kier molecular flexibility index (Phi) is 9.38. The molecule has 2 aromatic carbocycles. The predicted molar refractivity (Wildman–Crippen MR) is 126 cm³/mol. The lowest BCUT2D eigenvalue weighted by atomic mass is 10.1. The second-order valence-corrected chi connectivity index (χ2v) is 8.36. The molecule has 0 atom stereocenters. The molecule has 6 heteroatoms. The topological polar surface area (TPSA) is 71.0 Å². The summed E-state index contributed by atoms with van der Waals surface area (Å²) in [5.74, 6) is 1.16. The Balaban J connectivity index is 1.54. The summed E-state index contributed by atoms with van der Waals surface area (Å²) in [6.07, 6.45) is 3.35. The van der Waals surface area contributed by atoms with Gasteiger partial charge in [-0.25, -0.2) is 0 Å². The van der Waals surface area contributed by atoms with E-state index in [2.05, 4.69) is 41.4 Å². The number of aliphatic hydroxyl groups is 1. The monoisotopic (exact) mass is 440 g/mol. The summed E-state index contributed by atoms with van der Waals surface area (Å²) in [6, 6.07) is 13.7. The van der Waals surface area contributed by atoms with Gasteiger partial charge in [-0.2, -0.15) is 0 Å². The molecule has 1 saturated heterocycles. The average Bonchev–Trinajstić information content (AvgIpc) is 2.82. The normalized spacial score (nSPS) is 14.8. The van der Waals surface area contributed by atoms with Gasteiger partial charge < -0.3 is 19.9 Å². The first-order chi connectivity index (χ1) is 15.6. The van der Waals surface area contributed by atoms with Gasteiger partial charge in [0.15, 0.2) is 11.5 Å². The van der Waals surface area contributed by atoms with Crippen LogP contribution in [0.5, 0.6) is 11.5 Å². The Bertz CT molecular complexity index is 845. The highest BCUT2D eigenvalue weighted by Crippen LogP contribution is 2.29. The fraction of sp³-hybridized carbons (Fsp3) is 0.500. The summed E-state index contributed by atoms with van der Waals surface area (Å²) in [5.41, 5.74) is 2.86. The van der Waals surface area contributed by atoms with Gasteiger partial charge in [0, 0.05) is 31.7 Å². The number of likely N-dealkylation sites (tertiary alicyclic amines) is 1. The minimum atomic E-state index is -0.147. The van der Waals surface area contributed by atoms with Crippen LogP contribution in [0.4, 0.5) is 0 Å². The maximum atomic E-state index is 12.7. The van der Waals surface area contributed by atoms with Crippen LogP contribution in [0.15, 0.2) is 42.5 Å². The van der Waals surface area contributed by atoms with Crippen molar-refractivity contribution in [2.45, 2.75) is 58.7 Å². The van der Waals surface area contributed by atoms with E-state index in [1.165, 1.54) is 5.56 Å². The van der Waals surface area contributed by atoms with E-state index in [1.807, 2.05) is 13.0 Å². The van der Waals surface area contributed by atoms with E-state index in [9.17, 15) is 9.90 Å². The maximum Gasteiger partial charge on any atom is 0.251 e. The fourth-order valence-corrected chi connectivity index (χ4v) is 3.69. The highest BCUT2D eigenvalue weighted by Gasteiger charge is 2.17. The molecule has 174 valence electrons. The number of nitrogens with zero attached hydrogens (tertiary/aromatic N) is 1. The zero-order valence-corrected chi connectivity index (χ0v) is 19.3. The Morgan fingerprint density at radius 3 is 2.25 bits per heavy atom. The van der Waals surface area contributed by atoms with Gasteiger partial charge in [0.2, 0.25) is 0 Å². The number of carbonyl (C=O) groups excluding carboxylic acids is 1. The number of nitrogens with one attached hydrogen (secondary N) is 1. The molecular weight excluding hydrogens is 404 g/mol. The van der Waals surface area contributed by atoms with Crippen molar-refractivity contribution in [3.8, 4) is 11.5 Å². The number of rotatable bonds is 11. The van der Waals surface area contributed by atoms with E-state index in [0.29, 0.717) is 36.8 Å². The van der Waals surface area contributed by atoms with Crippen molar-refractivity contribution in [1.82, 2.24) is 10.2 Å². The summed E-state index contributed by atoms with van der Waals surface area (Å²) >= 11 is 0. The lowest BCUT2D eigenvalue weighted by molar-refractivity contribution is 0.0792. The van der Waals surface area contributed by atoms with E-state index >= 15 is 0 Å². The zero-order valence-electron chi connectivity index (χ0n) is 19.3. The van der Waals surface area contributed by atoms with Crippen molar-refractivity contribution >= 4 is 5.91 Å². The summed E-state index contributed by atoms with van der Waals surface area (Å²) < 4.78 is 11.5. The zero-order chi connectivity index (χ0) is 22.8. The van der Waals surface area contributed by atoms with Gasteiger partial charge in [-0.3, -0.25) is 9.69 Å². The van der Waals surface area contributed by atoms with Crippen LogP contribution < -0.4 is 14.8 Å². The van der Waals surface area contributed by atoms with Crippen LogP contribution in [0.3, 0.4) is 0 Å². The van der Waals surface area contributed by atoms with Crippen molar-refractivity contribution in [3.63, 3.8) is 0 Å². The van der Waals surface area contributed by atoms with Crippen LogP contribution >= 0.6 is 0 Å². The van der Waals surface area contributed by atoms with E-state index < -0.39 is 0 Å². The number of ether oxygens (including phenoxy) is 2. The molecule has 3 rings (SSSR count). The van der Waals surface area contributed by atoms with Crippen LogP contribution in [0.2, 0.25) is 0 Å². The summed E-state index contributed by atoms with van der Waals surface area (Å²) in [7, 11) is 0. The second-order valence-electron chi connectivity index (χ2n) is 8.36. The minimum Gasteiger partial charge on any atom is -0.490 e. The highest BCUT2D eigenvalue weighted by atomic mass is 16.5. The van der Waals surface area contributed by atoms with Gasteiger partial charge >= 0.3 is 0 Å². The first kappa shape index (κ1) is 24.1. The molecule has 0 saturated carbocycles. The van der Waals surface area contributed by atoms with Crippen molar-refractivity contribution in [2.75, 3.05) is 26.3 Å². The van der Waals surface area contributed by atoms with E-state index in [-0.39, 0.29) is 12.0 Å². The Morgan fingerprint density at radius 2 is 1.59 bits per heavy atom. The molecule has 2 aromatic rings. The lowest BCUT2D eigenvalue weighted by Crippen LogP contribution is -2.35. The minimum absolute atomic E-state index is 0.135. The number of benzene rings is 2. The molecule has 0 bridgehead atoms. The first-order valence-corrected chi connectivity index (χ1v) is 11.7. The van der Waals surface area contributed by atoms with Gasteiger partial charge in [-0.1, -0.05) is 38.1 Å². The SMILES string of the molecule is CCCOc1ccc(C(=O)NCc2ccc(CN3CCC(O)CC3)cc2)cc1OCCC. The number of amides is 1. The molecular formula is C26H36N2O4. The van der Waals surface area contributed by atoms with E-state index in [0.717, 1.165) is 50.9 Å². The van der Waals surface area contributed by atoms with Gasteiger partial charge in [0.1, 0.15) is 0 Å². The fourth-order valence-electron chi connectivity index (χ4n) is 3.69. The van der Waals surface area contributed by atoms with Crippen LogP contribution in [-0.4, -0.2) is 48.3 Å². The smallest absolute Gasteiger partial charge is 0.251 e. The molecule has 1 aliphatic rings. The molecule has 1 heterocycles. The summed E-state index contributed by atoms with van der Waals surface area (Å²) in [6.45, 7) is 8.53. The summed E-state index contributed by atoms with van der Waals surface area (Å²) in [5, 5.41) is 12.6. The molecule has 0 radical (unpaired) electrons. The van der Waals surface area contributed by atoms with Gasteiger partial charge in [-0.05, 0) is 55.0 Å². The van der Waals surface area contributed by atoms with Crippen LogP contribution in [0, 0.1) is 0 Å². The van der Waals surface area contributed by atoms with Crippen LogP contribution in [0.25, 0.3) is 0 Å². The van der Waals surface area contributed by atoms with Crippen LogP contribution in [-0.2, 0) is 13.1 Å². The van der Waals surface area contributed by atoms with Crippen molar-refractivity contribution in [1.29, 1.82) is 0 Å². The molecule has 1 amide bonds. The Hall–Kier alpha value is -2.57. The quantitative estimate of drug-likeness (QED) is 0.549. The van der Waals surface area contributed by atoms with Gasteiger partial charge in [-0.15, -0.1) is 0 Å². The van der Waals surface area contributed by atoms with Crippen LogP contribution in [0.1, 0.15) is 61.0 Å². The standard InChI is InChI=1S/C26H36N2O4/c1-3-15-31-24-10-9-22(17-25(24)32-16-4-2)26(30)27-18-20-5-7-21(8-6-20)19-28-13-11-23(29)12-14-28/h5-10,17,23,29H,3-4,11-16,18-19H2,1-2H3,(H,27,30). The largest absolute Gasteiger partial charge is 0.490 e. The molecule has 1 fully saturated rings. The van der Waals surface area contributed by atoms with Crippen molar-refractivity contribution < 1.29 is 19.4 Å². The Labute approximate surface area is 191 Å². The Morgan fingerprint density at radius 1 is 0.969 bits per heavy atom. The predicted octanol–water partition coefficient (Wildman–Crippen LogP) is 4.15.